The number of benzene rings is 4. The highest BCUT2D eigenvalue weighted by Gasteiger charge is 2.20. The van der Waals surface area contributed by atoms with Crippen LogP contribution in [0.5, 0.6) is 0 Å². The molecule has 0 spiro atoms. The third kappa shape index (κ3) is 4.47. The second-order valence-corrected chi connectivity index (χ2v) is 8.51. The monoisotopic (exact) mass is 454 g/mol. The van der Waals surface area contributed by atoms with Crippen molar-refractivity contribution in [1.82, 2.24) is 5.32 Å². The summed E-state index contributed by atoms with van der Waals surface area (Å²) < 4.78 is 0. The number of aliphatic imine (C=N–C) groups is 1. The van der Waals surface area contributed by atoms with Crippen LogP contribution in [0.25, 0.3) is 16.8 Å². The van der Waals surface area contributed by atoms with Crippen molar-refractivity contribution in [2.45, 2.75) is 6.17 Å². The molecule has 1 N–H and O–H groups in total. The zero-order valence-electron chi connectivity index (χ0n) is 17.2. The molecule has 0 aromatic heterocycles. The lowest BCUT2D eigenvalue weighted by molar-refractivity contribution is 0.664. The van der Waals surface area contributed by atoms with Crippen molar-refractivity contribution < 1.29 is 0 Å². The first-order valence-electron chi connectivity index (χ1n) is 10.4. The fourth-order valence-electron chi connectivity index (χ4n) is 3.86. The minimum absolute atomic E-state index is 0.304. The average molecular weight is 455 g/mol. The Morgan fingerprint density at radius 1 is 0.594 bits per heavy atom. The molecule has 0 fully saturated rings. The van der Waals surface area contributed by atoms with Gasteiger partial charge in [-0.05, 0) is 52.6 Å². The number of hydrogen-bond acceptors (Lipinski definition) is 2. The Hall–Kier alpha value is -3.33. The molecule has 4 heteroatoms. The quantitative estimate of drug-likeness (QED) is 0.334. The van der Waals surface area contributed by atoms with Gasteiger partial charge in [-0.1, -0.05) is 102 Å². The summed E-state index contributed by atoms with van der Waals surface area (Å²) in [6, 6.07) is 34.6. The van der Waals surface area contributed by atoms with Crippen molar-refractivity contribution >= 4 is 34.6 Å². The maximum absolute atomic E-state index is 6.29. The first-order valence-corrected chi connectivity index (χ1v) is 11.1. The molecular weight excluding hydrogens is 435 g/mol. The predicted octanol–water partition coefficient (Wildman–Crippen LogP) is 7.79. The number of hydrogen-bond donors (Lipinski definition) is 1. The van der Waals surface area contributed by atoms with Crippen molar-refractivity contribution in [3.05, 3.63) is 136 Å². The summed E-state index contributed by atoms with van der Waals surface area (Å²) in [7, 11) is 0. The molecule has 4 aromatic rings. The van der Waals surface area contributed by atoms with Crippen LogP contribution in [-0.4, -0.2) is 5.71 Å². The third-order valence-corrected chi connectivity index (χ3v) is 5.83. The largest absolute Gasteiger partial charge is 0.360 e. The minimum atomic E-state index is -0.304. The van der Waals surface area contributed by atoms with Crippen LogP contribution < -0.4 is 5.32 Å². The van der Waals surface area contributed by atoms with Crippen LogP contribution in [0.15, 0.2) is 114 Å². The maximum Gasteiger partial charge on any atom is 0.145 e. The molecule has 0 amide bonds. The number of rotatable bonds is 4. The Bertz CT molecular complexity index is 1290. The number of allylic oxidation sites excluding steroid dienone is 1. The molecule has 0 bridgehead atoms. The molecule has 156 valence electrons. The Labute approximate surface area is 197 Å². The van der Waals surface area contributed by atoms with E-state index < -0.39 is 0 Å². The lowest BCUT2D eigenvalue weighted by Gasteiger charge is -2.25. The van der Waals surface area contributed by atoms with Gasteiger partial charge < -0.3 is 5.32 Å². The van der Waals surface area contributed by atoms with E-state index >= 15 is 0 Å². The molecule has 5 rings (SSSR count). The van der Waals surface area contributed by atoms with Gasteiger partial charge in [0, 0.05) is 21.3 Å². The van der Waals surface area contributed by atoms with Gasteiger partial charge in [0.2, 0.25) is 0 Å². The highest BCUT2D eigenvalue weighted by Crippen LogP contribution is 2.30. The van der Waals surface area contributed by atoms with Crippen molar-refractivity contribution in [2.75, 3.05) is 0 Å². The van der Waals surface area contributed by atoms with Crippen LogP contribution in [0.4, 0.5) is 0 Å². The Kier molecular flexibility index (Phi) is 5.81. The van der Waals surface area contributed by atoms with E-state index in [-0.39, 0.29) is 6.17 Å². The molecule has 1 atom stereocenters. The number of halogens is 2. The van der Waals surface area contributed by atoms with Crippen molar-refractivity contribution in [1.29, 1.82) is 0 Å². The van der Waals surface area contributed by atoms with E-state index in [9.17, 15) is 0 Å². The molecular formula is C28H20Cl2N2. The third-order valence-electron chi connectivity index (χ3n) is 5.39. The summed E-state index contributed by atoms with van der Waals surface area (Å²) in [5.41, 5.74) is 7.30. The molecule has 1 aliphatic heterocycles. The molecule has 1 unspecified atom stereocenters. The Balaban J connectivity index is 1.61. The van der Waals surface area contributed by atoms with Crippen LogP contribution in [-0.2, 0) is 0 Å². The SMILES string of the molecule is Clc1cc(Cl)cc(C2N=C(c3cccc(-c4ccccc4)c3)C=C(c3ccccc3)N2)c1. The zero-order valence-corrected chi connectivity index (χ0v) is 18.7. The predicted molar refractivity (Wildman–Crippen MR) is 135 cm³/mol. The lowest BCUT2D eigenvalue weighted by atomic mass is 9.98. The molecule has 1 heterocycles. The number of nitrogens with zero attached hydrogens (tertiary/aromatic N) is 1. The standard InChI is InChI=1S/C28H20Cl2N2/c29-24-15-23(16-25(30)17-24)28-31-26(20-10-5-2-6-11-20)18-27(32-28)22-13-7-12-21(14-22)19-8-3-1-4-9-19/h1-18,28,31H. The second kappa shape index (κ2) is 9.04. The fourth-order valence-corrected chi connectivity index (χ4v) is 4.40. The first-order chi connectivity index (χ1) is 15.7. The van der Waals surface area contributed by atoms with Crippen molar-refractivity contribution in [3.8, 4) is 11.1 Å². The van der Waals surface area contributed by atoms with Gasteiger partial charge in [-0.25, -0.2) is 0 Å². The van der Waals surface area contributed by atoms with Crippen LogP contribution >= 0.6 is 23.2 Å². The van der Waals surface area contributed by atoms with Crippen molar-refractivity contribution in [3.63, 3.8) is 0 Å². The summed E-state index contributed by atoms with van der Waals surface area (Å²) in [5, 5.41) is 4.72. The van der Waals surface area contributed by atoms with Gasteiger partial charge in [-0.2, -0.15) is 0 Å². The normalized spacial score (nSPS) is 15.5. The van der Waals surface area contributed by atoms with E-state index in [1.54, 1.807) is 6.07 Å². The molecule has 0 saturated heterocycles. The van der Waals surface area contributed by atoms with Gasteiger partial charge in [-0.15, -0.1) is 0 Å². The van der Waals surface area contributed by atoms with E-state index in [0.29, 0.717) is 10.0 Å². The molecule has 0 saturated carbocycles. The summed E-state index contributed by atoms with van der Waals surface area (Å²) in [4.78, 5) is 5.03. The molecule has 0 radical (unpaired) electrons. The lowest BCUT2D eigenvalue weighted by Crippen LogP contribution is -2.24. The molecule has 0 aliphatic carbocycles. The van der Waals surface area contributed by atoms with Gasteiger partial charge in [0.15, 0.2) is 0 Å². The minimum Gasteiger partial charge on any atom is -0.360 e. The first kappa shape index (κ1) is 20.6. The van der Waals surface area contributed by atoms with E-state index in [2.05, 4.69) is 72.1 Å². The second-order valence-electron chi connectivity index (χ2n) is 7.63. The summed E-state index contributed by atoms with van der Waals surface area (Å²) in [6.07, 6.45) is 1.80. The van der Waals surface area contributed by atoms with Gasteiger partial charge in [0.05, 0.1) is 5.71 Å². The van der Waals surface area contributed by atoms with Crippen LogP contribution in [0.3, 0.4) is 0 Å². The van der Waals surface area contributed by atoms with E-state index in [0.717, 1.165) is 33.7 Å². The molecule has 2 nitrogen and oxygen atoms in total. The van der Waals surface area contributed by atoms with Gasteiger partial charge in [-0.3, -0.25) is 4.99 Å². The number of nitrogens with one attached hydrogen (secondary N) is 1. The van der Waals surface area contributed by atoms with E-state index in [4.69, 9.17) is 28.2 Å². The smallest absolute Gasteiger partial charge is 0.145 e. The Morgan fingerprint density at radius 2 is 1.19 bits per heavy atom. The van der Waals surface area contributed by atoms with Crippen LogP contribution in [0, 0.1) is 0 Å². The van der Waals surface area contributed by atoms with Gasteiger partial charge in [0.1, 0.15) is 6.17 Å². The van der Waals surface area contributed by atoms with Crippen molar-refractivity contribution in [2.24, 2.45) is 4.99 Å². The van der Waals surface area contributed by atoms with Gasteiger partial charge >= 0.3 is 0 Å². The summed E-state index contributed by atoms with van der Waals surface area (Å²) >= 11 is 12.6. The zero-order chi connectivity index (χ0) is 21.9. The highest BCUT2D eigenvalue weighted by atomic mass is 35.5. The molecule has 1 aliphatic rings. The highest BCUT2D eigenvalue weighted by molar-refractivity contribution is 6.34. The molecule has 32 heavy (non-hydrogen) atoms. The van der Waals surface area contributed by atoms with Crippen LogP contribution in [0.2, 0.25) is 10.0 Å². The van der Waals surface area contributed by atoms with E-state index in [1.807, 2.05) is 36.4 Å². The maximum atomic E-state index is 6.29. The van der Waals surface area contributed by atoms with Crippen LogP contribution in [0.1, 0.15) is 22.9 Å². The summed E-state index contributed by atoms with van der Waals surface area (Å²) in [6.45, 7) is 0. The Morgan fingerprint density at radius 3 is 1.88 bits per heavy atom. The summed E-state index contributed by atoms with van der Waals surface area (Å²) in [5.74, 6) is 0. The van der Waals surface area contributed by atoms with E-state index in [1.165, 1.54) is 5.56 Å². The molecule has 4 aromatic carbocycles. The van der Waals surface area contributed by atoms with Gasteiger partial charge in [0.25, 0.3) is 0 Å². The fraction of sp³-hybridized carbons (Fsp3) is 0.0357. The topological polar surface area (TPSA) is 24.4 Å². The average Bonchev–Trinajstić information content (AvgIpc) is 2.84.